The third-order valence-corrected chi connectivity index (χ3v) is 4.44. The van der Waals surface area contributed by atoms with Gasteiger partial charge in [-0.25, -0.2) is 9.59 Å². The van der Waals surface area contributed by atoms with Crippen molar-refractivity contribution in [2.75, 3.05) is 13.2 Å². The monoisotopic (exact) mass is 467 g/mol. The highest BCUT2D eigenvalue weighted by molar-refractivity contribution is 5.76. The molecule has 0 aliphatic heterocycles. The van der Waals surface area contributed by atoms with E-state index in [4.69, 9.17) is 29.4 Å². The molecule has 9 heteroatoms. The first kappa shape index (κ1) is 28.2. The van der Waals surface area contributed by atoms with Gasteiger partial charge in [0.15, 0.2) is 11.5 Å². The van der Waals surface area contributed by atoms with E-state index in [1.807, 2.05) is 13.8 Å². The predicted molar refractivity (Wildman–Crippen MR) is 122 cm³/mol. The molecule has 186 valence electrons. The van der Waals surface area contributed by atoms with Crippen LogP contribution >= 0.6 is 0 Å². The molecular weight excluding hydrogens is 430 g/mol. The number of rotatable bonds is 14. The fraction of sp³-hybridized carbons (Fsp3) is 0.625. The van der Waals surface area contributed by atoms with E-state index in [1.165, 1.54) is 12.1 Å². The summed E-state index contributed by atoms with van der Waals surface area (Å²) in [5, 5.41) is 0. The van der Waals surface area contributed by atoms with Gasteiger partial charge in [-0.05, 0) is 50.8 Å². The summed E-state index contributed by atoms with van der Waals surface area (Å²) >= 11 is 0. The average molecular weight is 468 g/mol. The number of ether oxygens (including phenoxy) is 5. The maximum Gasteiger partial charge on any atom is 0.513 e. The lowest BCUT2D eigenvalue weighted by Crippen LogP contribution is -2.35. The molecule has 0 bridgehead atoms. The van der Waals surface area contributed by atoms with Gasteiger partial charge in [-0.1, -0.05) is 45.6 Å². The van der Waals surface area contributed by atoms with E-state index in [0.29, 0.717) is 12.0 Å². The van der Waals surface area contributed by atoms with Crippen LogP contribution in [0.25, 0.3) is 0 Å². The Kier molecular flexibility index (Phi) is 13.6. The van der Waals surface area contributed by atoms with Crippen molar-refractivity contribution in [1.29, 1.82) is 0 Å². The Morgan fingerprint density at radius 2 is 1.39 bits per heavy atom. The average Bonchev–Trinajstić information content (AvgIpc) is 2.75. The van der Waals surface area contributed by atoms with Crippen LogP contribution in [-0.4, -0.2) is 43.6 Å². The lowest BCUT2D eigenvalue weighted by Gasteiger charge is -2.15. The van der Waals surface area contributed by atoms with Crippen LogP contribution in [0.4, 0.5) is 9.59 Å². The number of nitrogens with two attached hydrogens (primary N) is 1. The van der Waals surface area contributed by atoms with Gasteiger partial charge in [-0.15, -0.1) is 0 Å². The molecule has 0 unspecified atom stereocenters. The van der Waals surface area contributed by atoms with Gasteiger partial charge >= 0.3 is 18.3 Å². The first-order valence-electron chi connectivity index (χ1n) is 11.5. The second-order valence-electron chi connectivity index (χ2n) is 7.89. The van der Waals surface area contributed by atoms with Gasteiger partial charge in [-0.3, -0.25) is 4.79 Å². The van der Waals surface area contributed by atoms with E-state index < -0.39 is 24.3 Å². The summed E-state index contributed by atoms with van der Waals surface area (Å²) in [5.74, 6) is -0.593. The molecule has 1 rings (SSSR count). The second-order valence-corrected chi connectivity index (χ2v) is 7.89. The molecule has 0 aliphatic rings. The Hall–Kier alpha value is -2.81. The summed E-state index contributed by atoms with van der Waals surface area (Å²) in [6.45, 7) is 7.99. The topological polar surface area (TPSA) is 123 Å². The van der Waals surface area contributed by atoms with Crippen LogP contribution in [0.5, 0.6) is 11.5 Å². The highest BCUT2D eigenvalue weighted by Crippen LogP contribution is 2.30. The molecule has 0 fully saturated rings. The summed E-state index contributed by atoms with van der Waals surface area (Å²) in [6, 6.07) is 3.62. The minimum absolute atomic E-state index is 0.0110. The lowest BCUT2D eigenvalue weighted by molar-refractivity contribution is -0.148. The normalized spacial score (nSPS) is 11.6. The number of carbonyl (C=O) groups is 3. The van der Waals surface area contributed by atoms with E-state index in [1.54, 1.807) is 19.9 Å². The van der Waals surface area contributed by atoms with Crippen molar-refractivity contribution in [3.8, 4) is 11.5 Å². The van der Waals surface area contributed by atoms with Crippen molar-refractivity contribution in [3.05, 3.63) is 23.8 Å². The summed E-state index contributed by atoms with van der Waals surface area (Å²) in [6.07, 6.45) is 3.28. The van der Waals surface area contributed by atoms with Crippen molar-refractivity contribution in [2.24, 2.45) is 5.73 Å². The largest absolute Gasteiger partial charge is 0.513 e. The molecule has 0 radical (unpaired) electrons. The van der Waals surface area contributed by atoms with E-state index in [2.05, 4.69) is 0 Å². The standard InChI is InChI=1S/C24H37NO8/c1-5-7-9-13-29-23(27)32-20-12-11-18(15-19(25)22(26)31-17(3)4)16-21(20)33-24(28)30-14-10-8-6-2/h11-12,16-17,19H,5-10,13-15,25H2,1-4H3/t19-/m0/s1. The molecule has 0 aromatic heterocycles. The molecule has 0 saturated heterocycles. The Balaban J connectivity index is 2.89. The molecule has 0 spiro atoms. The molecule has 0 saturated carbocycles. The van der Waals surface area contributed by atoms with Crippen molar-refractivity contribution in [2.45, 2.75) is 84.8 Å². The molecule has 1 aromatic rings. The zero-order valence-corrected chi connectivity index (χ0v) is 20.1. The van der Waals surface area contributed by atoms with Gasteiger partial charge in [0.25, 0.3) is 0 Å². The minimum atomic E-state index is -0.923. The van der Waals surface area contributed by atoms with Crippen molar-refractivity contribution in [1.82, 2.24) is 0 Å². The van der Waals surface area contributed by atoms with E-state index in [0.717, 1.165) is 32.1 Å². The number of carbonyl (C=O) groups excluding carboxylic acids is 3. The van der Waals surface area contributed by atoms with Crippen LogP contribution in [0.1, 0.15) is 71.8 Å². The number of benzene rings is 1. The van der Waals surface area contributed by atoms with Gasteiger partial charge in [0.05, 0.1) is 19.3 Å². The Labute approximate surface area is 195 Å². The quantitative estimate of drug-likeness (QED) is 0.176. The Bertz CT molecular complexity index is 750. The van der Waals surface area contributed by atoms with Crippen LogP contribution < -0.4 is 15.2 Å². The summed E-state index contributed by atoms with van der Waals surface area (Å²) < 4.78 is 25.7. The van der Waals surface area contributed by atoms with E-state index in [-0.39, 0.29) is 37.2 Å². The smallest absolute Gasteiger partial charge is 0.462 e. The Morgan fingerprint density at radius 1 is 0.848 bits per heavy atom. The van der Waals surface area contributed by atoms with Crippen LogP contribution in [0.15, 0.2) is 18.2 Å². The van der Waals surface area contributed by atoms with Gasteiger partial charge in [0.1, 0.15) is 6.04 Å². The number of unbranched alkanes of at least 4 members (excludes halogenated alkanes) is 4. The molecule has 0 amide bonds. The summed E-state index contributed by atoms with van der Waals surface area (Å²) in [4.78, 5) is 36.1. The molecule has 1 atom stereocenters. The van der Waals surface area contributed by atoms with Crippen LogP contribution in [0, 0.1) is 0 Å². The van der Waals surface area contributed by atoms with Crippen molar-refractivity contribution < 1.29 is 38.1 Å². The summed E-state index contributed by atoms with van der Waals surface area (Å²) in [7, 11) is 0. The lowest BCUT2D eigenvalue weighted by atomic mass is 10.1. The zero-order chi connectivity index (χ0) is 24.6. The molecule has 9 nitrogen and oxygen atoms in total. The third kappa shape index (κ3) is 12.1. The number of esters is 1. The third-order valence-electron chi connectivity index (χ3n) is 4.44. The molecule has 33 heavy (non-hydrogen) atoms. The minimum Gasteiger partial charge on any atom is -0.462 e. The number of hydrogen-bond donors (Lipinski definition) is 1. The van der Waals surface area contributed by atoms with E-state index >= 15 is 0 Å². The molecule has 0 aliphatic carbocycles. The highest BCUT2D eigenvalue weighted by Gasteiger charge is 2.20. The SMILES string of the molecule is CCCCCOC(=O)Oc1ccc(C[C@H](N)C(=O)OC(C)C)cc1OC(=O)OCCCCC. The fourth-order valence-electron chi connectivity index (χ4n) is 2.75. The van der Waals surface area contributed by atoms with Gasteiger partial charge in [-0.2, -0.15) is 0 Å². The molecule has 0 heterocycles. The highest BCUT2D eigenvalue weighted by atomic mass is 16.7. The maximum absolute atomic E-state index is 12.1. The van der Waals surface area contributed by atoms with Gasteiger partial charge < -0.3 is 29.4 Å². The van der Waals surface area contributed by atoms with Crippen LogP contribution in [0.3, 0.4) is 0 Å². The first-order valence-corrected chi connectivity index (χ1v) is 11.5. The van der Waals surface area contributed by atoms with Crippen LogP contribution in [-0.2, 0) is 25.4 Å². The van der Waals surface area contributed by atoms with Crippen LogP contribution in [0.2, 0.25) is 0 Å². The second kappa shape index (κ2) is 15.9. The predicted octanol–water partition coefficient (Wildman–Crippen LogP) is 4.92. The maximum atomic E-state index is 12.1. The first-order chi connectivity index (χ1) is 15.8. The van der Waals surface area contributed by atoms with E-state index in [9.17, 15) is 14.4 Å². The van der Waals surface area contributed by atoms with Crippen molar-refractivity contribution >= 4 is 18.3 Å². The fourth-order valence-corrected chi connectivity index (χ4v) is 2.75. The number of hydrogen-bond acceptors (Lipinski definition) is 9. The van der Waals surface area contributed by atoms with Gasteiger partial charge in [0.2, 0.25) is 0 Å². The molecule has 1 aromatic carbocycles. The Morgan fingerprint density at radius 3 is 1.91 bits per heavy atom. The zero-order valence-electron chi connectivity index (χ0n) is 20.1. The van der Waals surface area contributed by atoms with Gasteiger partial charge in [0, 0.05) is 0 Å². The molecular formula is C24H37NO8. The summed E-state index contributed by atoms with van der Waals surface area (Å²) in [5.41, 5.74) is 6.51. The molecule has 2 N–H and O–H groups in total. The van der Waals surface area contributed by atoms with Crippen molar-refractivity contribution in [3.63, 3.8) is 0 Å².